The Morgan fingerprint density at radius 3 is 2.17 bits per heavy atom. The Bertz CT molecular complexity index is 1160. The van der Waals surface area contributed by atoms with Crippen LogP contribution in [0.5, 0.6) is 0 Å². The molecular formula is C30H40N2O4. The maximum Gasteiger partial charge on any atom is 0.337 e. The molecule has 0 spiro atoms. The van der Waals surface area contributed by atoms with E-state index in [9.17, 15) is 14.7 Å². The van der Waals surface area contributed by atoms with Crippen molar-refractivity contribution in [1.29, 1.82) is 0 Å². The van der Waals surface area contributed by atoms with Crippen LogP contribution in [-0.4, -0.2) is 45.1 Å². The highest BCUT2D eigenvalue weighted by molar-refractivity contribution is 5.85. The van der Waals surface area contributed by atoms with Crippen LogP contribution in [0.2, 0.25) is 0 Å². The molecule has 4 rings (SSSR count). The van der Waals surface area contributed by atoms with Crippen molar-refractivity contribution < 1.29 is 19.4 Å². The fourth-order valence-electron chi connectivity index (χ4n) is 5.73. The van der Waals surface area contributed by atoms with E-state index in [1.165, 1.54) is 0 Å². The average molecular weight is 493 g/mol. The van der Waals surface area contributed by atoms with Crippen LogP contribution in [0.15, 0.2) is 24.3 Å². The van der Waals surface area contributed by atoms with Crippen LogP contribution < -0.4 is 0 Å². The summed E-state index contributed by atoms with van der Waals surface area (Å²) < 4.78 is 6.16. The summed E-state index contributed by atoms with van der Waals surface area (Å²) in [6, 6.07) is 8.53. The second-order valence-electron chi connectivity index (χ2n) is 11.5. The maximum atomic E-state index is 13.5. The minimum absolute atomic E-state index is 0.0800. The lowest BCUT2D eigenvalue weighted by Gasteiger charge is -2.36. The highest BCUT2D eigenvalue weighted by atomic mass is 16.5. The smallest absolute Gasteiger partial charge is 0.337 e. The van der Waals surface area contributed by atoms with E-state index in [0.29, 0.717) is 18.7 Å². The molecule has 1 N–H and O–H groups in total. The van der Waals surface area contributed by atoms with Gasteiger partial charge in [-0.3, -0.25) is 0 Å². The number of aryl methyl sites for hydroxylation is 1. The summed E-state index contributed by atoms with van der Waals surface area (Å²) in [7, 11) is 0. The molecule has 6 heteroatoms. The van der Waals surface area contributed by atoms with Crippen LogP contribution in [0.25, 0.3) is 11.1 Å². The summed E-state index contributed by atoms with van der Waals surface area (Å²) in [6.45, 7) is 15.7. The van der Waals surface area contributed by atoms with Crippen molar-refractivity contribution in [2.24, 2.45) is 0 Å². The molecule has 2 heterocycles. The van der Waals surface area contributed by atoms with Gasteiger partial charge in [0.25, 0.3) is 0 Å². The predicted octanol–water partition coefficient (Wildman–Crippen LogP) is 6.53. The lowest BCUT2D eigenvalue weighted by Crippen LogP contribution is -2.47. The first-order chi connectivity index (χ1) is 16.9. The topological polar surface area (TPSA) is 70.1 Å². The molecule has 2 atom stereocenters. The number of hydrogen-bond donors (Lipinski definition) is 1. The standard InChI is InChI=1S/C30H40N2O4/c1-18-11-13-22(14-12-18)25-20(3)23-16-31(29(35)32-15-9-8-10-19(32)2)17-24(23)21(4)26(25)27(28(33)34)36-30(5,6)7/h11-14,19,27H,8-10,15-17H2,1-7H3,(H,33,34)/t19?,27-/m0/s1. The molecular weight excluding hydrogens is 452 g/mol. The number of likely N-dealkylation sites (tertiary alicyclic amines) is 1. The first-order valence-electron chi connectivity index (χ1n) is 13.1. The Balaban J connectivity index is 1.85. The number of carboxylic acids is 1. The molecule has 2 amide bonds. The van der Waals surface area contributed by atoms with Crippen LogP contribution in [-0.2, 0) is 22.6 Å². The number of rotatable bonds is 4. The first-order valence-corrected chi connectivity index (χ1v) is 13.1. The van der Waals surface area contributed by atoms with Crippen LogP contribution in [0.4, 0.5) is 4.79 Å². The zero-order chi connectivity index (χ0) is 26.4. The molecule has 2 aliphatic heterocycles. The number of urea groups is 1. The second-order valence-corrected chi connectivity index (χ2v) is 11.5. The van der Waals surface area contributed by atoms with Gasteiger partial charge in [0.15, 0.2) is 6.10 Å². The Kier molecular flexibility index (Phi) is 7.20. The van der Waals surface area contributed by atoms with E-state index >= 15 is 0 Å². The van der Waals surface area contributed by atoms with Crippen molar-refractivity contribution in [2.75, 3.05) is 6.54 Å². The second kappa shape index (κ2) is 9.89. The number of carbonyl (C=O) groups excluding carboxylic acids is 1. The Hall–Kier alpha value is -2.86. The molecule has 2 aromatic carbocycles. The molecule has 0 bridgehead atoms. The van der Waals surface area contributed by atoms with Gasteiger partial charge in [0.2, 0.25) is 0 Å². The number of benzene rings is 2. The third-order valence-electron chi connectivity index (χ3n) is 7.63. The highest BCUT2D eigenvalue weighted by Gasteiger charge is 2.38. The van der Waals surface area contributed by atoms with Crippen molar-refractivity contribution in [3.05, 3.63) is 57.6 Å². The minimum Gasteiger partial charge on any atom is -0.479 e. The van der Waals surface area contributed by atoms with Gasteiger partial charge in [0, 0.05) is 31.2 Å². The predicted molar refractivity (Wildman–Crippen MR) is 142 cm³/mol. The zero-order valence-corrected chi connectivity index (χ0v) is 22.8. The van der Waals surface area contributed by atoms with Gasteiger partial charge >= 0.3 is 12.0 Å². The summed E-state index contributed by atoms with van der Waals surface area (Å²) in [4.78, 5) is 30.1. The summed E-state index contributed by atoms with van der Waals surface area (Å²) in [5.41, 5.74) is 7.19. The number of aliphatic carboxylic acids is 1. The van der Waals surface area contributed by atoms with Gasteiger partial charge in [-0.15, -0.1) is 0 Å². The highest BCUT2D eigenvalue weighted by Crippen LogP contribution is 2.44. The third kappa shape index (κ3) is 5.01. The van der Waals surface area contributed by atoms with E-state index in [0.717, 1.165) is 64.8 Å². The van der Waals surface area contributed by atoms with E-state index in [1.807, 2.05) is 44.4 Å². The van der Waals surface area contributed by atoms with Crippen LogP contribution >= 0.6 is 0 Å². The van der Waals surface area contributed by atoms with Gasteiger partial charge in [-0.2, -0.15) is 0 Å². The van der Waals surface area contributed by atoms with Gasteiger partial charge < -0.3 is 19.6 Å². The Morgan fingerprint density at radius 2 is 1.61 bits per heavy atom. The quantitative estimate of drug-likeness (QED) is 0.527. The fourth-order valence-corrected chi connectivity index (χ4v) is 5.73. The average Bonchev–Trinajstić information content (AvgIpc) is 3.26. The molecule has 0 aromatic heterocycles. The lowest BCUT2D eigenvalue weighted by atomic mass is 9.83. The summed E-state index contributed by atoms with van der Waals surface area (Å²) in [5, 5.41) is 10.3. The van der Waals surface area contributed by atoms with E-state index in [-0.39, 0.29) is 12.1 Å². The lowest BCUT2D eigenvalue weighted by molar-refractivity contribution is -0.160. The number of hydrogen-bond acceptors (Lipinski definition) is 3. The first kappa shape index (κ1) is 26.2. The van der Waals surface area contributed by atoms with Crippen LogP contribution in [0.3, 0.4) is 0 Å². The number of ether oxygens (including phenoxy) is 1. The van der Waals surface area contributed by atoms with Crippen LogP contribution in [0.1, 0.15) is 86.4 Å². The Morgan fingerprint density at radius 1 is 1.00 bits per heavy atom. The van der Waals surface area contributed by atoms with Crippen molar-refractivity contribution in [1.82, 2.24) is 9.80 Å². The van der Waals surface area contributed by atoms with Crippen LogP contribution in [0, 0.1) is 20.8 Å². The largest absolute Gasteiger partial charge is 0.479 e. The molecule has 1 fully saturated rings. The SMILES string of the molecule is Cc1ccc(-c2c(C)c3c(c(C)c2[C@H](OC(C)(C)C)C(=O)O)CN(C(=O)N2CCCCC2C)C3)cc1. The fraction of sp³-hybridized carbons (Fsp3) is 0.533. The molecule has 0 saturated carbocycles. The number of nitrogens with zero attached hydrogens (tertiary/aromatic N) is 2. The minimum atomic E-state index is -1.11. The normalized spacial score (nSPS) is 18.8. The molecule has 194 valence electrons. The molecule has 0 aliphatic carbocycles. The van der Waals surface area contributed by atoms with E-state index in [2.05, 4.69) is 38.1 Å². The molecule has 1 saturated heterocycles. The molecule has 6 nitrogen and oxygen atoms in total. The van der Waals surface area contributed by atoms with Crippen molar-refractivity contribution in [3.8, 4) is 11.1 Å². The van der Waals surface area contributed by atoms with Crippen molar-refractivity contribution in [3.63, 3.8) is 0 Å². The van der Waals surface area contributed by atoms with E-state index in [4.69, 9.17) is 4.74 Å². The van der Waals surface area contributed by atoms with E-state index in [1.54, 1.807) is 0 Å². The van der Waals surface area contributed by atoms with Gasteiger partial charge in [-0.05, 0) is 101 Å². The molecule has 0 radical (unpaired) electrons. The molecule has 1 unspecified atom stereocenters. The van der Waals surface area contributed by atoms with Gasteiger partial charge in [-0.1, -0.05) is 29.8 Å². The van der Waals surface area contributed by atoms with Gasteiger partial charge in [0.1, 0.15) is 0 Å². The molecule has 2 aliphatic rings. The number of amides is 2. The van der Waals surface area contributed by atoms with Gasteiger partial charge in [-0.25, -0.2) is 9.59 Å². The number of fused-ring (bicyclic) bond motifs is 1. The third-order valence-corrected chi connectivity index (χ3v) is 7.63. The summed E-state index contributed by atoms with van der Waals surface area (Å²) >= 11 is 0. The monoisotopic (exact) mass is 492 g/mol. The maximum absolute atomic E-state index is 13.5. The summed E-state index contributed by atoms with van der Waals surface area (Å²) in [5.74, 6) is -1.01. The Labute approximate surface area is 215 Å². The van der Waals surface area contributed by atoms with Gasteiger partial charge in [0.05, 0.1) is 5.60 Å². The molecule has 2 aromatic rings. The number of carboxylic acid groups (broad SMARTS) is 1. The van der Waals surface area contributed by atoms with Crippen molar-refractivity contribution in [2.45, 2.75) is 98.6 Å². The van der Waals surface area contributed by atoms with Crippen molar-refractivity contribution >= 4 is 12.0 Å². The number of piperidine rings is 1. The molecule has 36 heavy (non-hydrogen) atoms. The zero-order valence-electron chi connectivity index (χ0n) is 22.8. The number of carbonyl (C=O) groups is 2. The van der Waals surface area contributed by atoms with E-state index < -0.39 is 17.7 Å². The summed E-state index contributed by atoms with van der Waals surface area (Å²) in [6.07, 6.45) is 2.13.